The minimum atomic E-state index is -2.36. The van der Waals surface area contributed by atoms with E-state index in [1.807, 2.05) is 0 Å². The van der Waals surface area contributed by atoms with Crippen LogP contribution in [0.25, 0.3) is 0 Å². The summed E-state index contributed by atoms with van der Waals surface area (Å²) >= 11 is 5.81. The van der Waals surface area contributed by atoms with E-state index in [1.165, 1.54) is 0 Å². The van der Waals surface area contributed by atoms with Gasteiger partial charge in [0.1, 0.15) is 25.6 Å². The van der Waals surface area contributed by atoms with E-state index in [0.29, 0.717) is 0 Å². The molecule has 1 atom stereocenters. The SMILES string of the molecule is CC(O)(c1cc([N+](=O)[O-])ccc1Cl)C(CF)(CF)CF. The molecule has 1 aromatic rings. The lowest BCUT2D eigenvalue weighted by Gasteiger charge is -2.40. The van der Waals surface area contributed by atoms with Crippen LogP contribution in [0.2, 0.25) is 5.02 Å². The molecular weight excluding hydrogens is 299 g/mol. The maximum atomic E-state index is 13.1. The zero-order chi connectivity index (χ0) is 15.6. The Morgan fingerprint density at radius 1 is 1.30 bits per heavy atom. The van der Waals surface area contributed by atoms with Crippen molar-refractivity contribution in [3.8, 4) is 0 Å². The molecule has 1 N–H and O–H groups in total. The summed E-state index contributed by atoms with van der Waals surface area (Å²) in [4.78, 5) is 9.96. The second-order valence-corrected chi connectivity index (χ2v) is 5.08. The van der Waals surface area contributed by atoms with Gasteiger partial charge in [0.25, 0.3) is 5.69 Å². The Kier molecular flexibility index (Phi) is 4.99. The third-order valence-electron chi connectivity index (χ3n) is 3.49. The summed E-state index contributed by atoms with van der Waals surface area (Å²) in [6, 6.07) is 3.07. The number of hydrogen-bond acceptors (Lipinski definition) is 3. The van der Waals surface area contributed by atoms with Crippen molar-refractivity contribution in [2.45, 2.75) is 12.5 Å². The van der Waals surface area contributed by atoms with Crippen molar-refractivity contribution in [3.05, 3.63) is 38.9 Å². The number of alkyl halides is 3. The Labute approximate surface area is 118 Å². The van der Waals surface area contributed by atoms with Crippen LogP contribution in [-0.4, -0.2) is 30.1 Å². The predicted octanol–water partition coefficient (Wildman–Crippen LogP) is 3.35. The van der Waals surface area contributed by atoms with Crippen molar-refractivity contribution in [2.75, 3.05) is 20.0 Å². The van der Waals surface area contributed by atoms with Crippen molar-refractivity contribution >= 4 is 17.3 Å². The molecule has 0 saturated carbocycles. The summed E-state index contributed by atoms with van der Waals surface area (Å²) < 4.78 is 39.2. The molecule has 0 amide bonds. The third-order valence-corrected chi connectivity index (χ3v) is 3.81. The first-order valence-corrected chi connectivity index (χ1v) is 5.98. The highest BCUT2D eigenvalue weighted by atomic mass is 35.5. The van der Waals surface area contributed by atoms with E-state index in [2.05, 4.69) is 0 Å². The molecule has 0 radical (unpaired) electrons. The van der Waals surface area contributed by atoms with Crippen molar-refractivity contribution in [1.82, 2.24) is 0 Å². The number of nitro groups is 1. The molecule has 1 unspecified atom stereocenters. The number of aliphatic hydroxyl groups is 1. The van der Waals surface area contributed by atoms with Crippen LogP contribution >= 0.6 is 11.6 Å². The molecule has 0 aliphatic heterocycles. The molecule has 0 aliphatic rings. The predicted molar refractivity (Wildman–Crippen MR) is 68.0 cm³/mol. The van der Waals surface area contributed by atoms with Crippen molar-refractivity contribution < 1.29 is 23.2 Å². The molecule has 0 fully saturated rings. The number of halogens is 4. The molecule has 0 aromatic heterocycles. The van der Waals surface area contributed by atoms with E-state index in [4.69, 9.17) is 11.6 Å². The smallest absolute Gasteiger partial charge is 0.269 e. The van der Waals surface area contributed by atoms with Crippen LogP contribution in [0.3, 0.4) is 0 Å². The largest absolute Gasteiger partial charge is 0.385 e. The average Bonchev–Trinajstić information content (AvgIpc) is 2.41. The van der Waals surface area contributed by atoms with Gasteiger partial charge in [0.05, 0.1) is 10.3 Å². The van der Waals surface area contributed by atoms with Crippen molar-refractivity contribution in [1.29, 1.82) is 0 Å². The standard InChI is InChI=1S/C12H13ClF3NO3/c1-11(18,12(5-14,6-15)7-16)9-4-8(17(19)20)2-3-10(9)13/h2-4,18H,5-7H2,1H3. The summed E-state index contributed by atoms with van der Waals surface area (Å²) in [6.07, 6.45) is 0. The second-order valence-electron chi connectivity index (χ2n) is 4.67. The number of hydrogen-bond donors (Lipinski definition) is 1. The summed E-state index contributed by atoms with van der Waals surface area (Å²) in [5.74, 6) is 0. The summed E-state index contributed by atoms with van der Waals surface area (Å²) in [6.45, 7) is -3.46. The first-order chi connectivity index (χ1) is 9.25. The lowest BCUT2D eigenvalue weighted by molar-refractivity contribution is -0.385. The molecule has 8 heteroatoms. The molecule has 1 aromatic carbocycles. The van der Waals surface area contributed by atoms with Crippen molar-refractivity contribution in [2.24, 2.45) is 5.41 Å². The third kappa shape index (κ3) is 2.60. The highest BCUT2D eigenvalue weighted by molar-refractivity contribution is 6.31. The first kappa shape index (κ1) is 16.7. The van der Waals surface area contributed by atoms with Gasteiger partial charge in [0.15, 0.2) is 0 Å². The van der Waals surface area contributed by atoms with Crippen LogP contribution in [0.4, 0.5) is 18.9 Å². The van der Waals surface area contributed by atoms with Gasteiger partial charge in [0.2, 0.25) is 0 Å². The number of benzene rings is 1. The van der Waals surface area contributed by atoms with Gasteiger partial charge in [-0.2, -0.15) is 0 Å². The van der Waals surface area contributed by atoms with Gasteiger partial charge in [0, 0.05) is 22.7 Å². The summed E-state index contributed by atoms with van der Waals surface area (Å²) in [7, 11) is 0. The van der Waals surface area contributed by atoms with Gasteiger partial charge < -0.3 is 5.11 Å². The van der Waals surface area contributed by atoms with Gasteiger partial charge in [-0.15, -0.1) is 0 Å². The number of nitro benzene ring substituents is 1. The number of rotatable bonds is 6. The fourth-order valence-electron chi connectivity index (χ4n) is 1.78. The maximum Gasteiger partial charge on any atom is 0.269 e. The van der Waals surface area contributed by atoms with E-state index in [0.717, 1.165) is 25.1 Å². The van der Waals surface area contributed by atoms with Crippen LogP contribution < -0.4 is 0 Å². The quantitative estimate of drug-likeness (QED) is 0.647. The minimum Gasteiger partial charge on any atom is -0.385 e. The lowest BCUT2D eigenvalue weighted by Crippen LogP contribution is -2.49. The Bertz CT molecular complexity index is 498. The monoisotopic (exact) mass is 311 g/mol. The zero-order valence-electron chi connectivity index (χ0n) is 10.6. The van der Waals surface area contributed by atoms with Crippen LogP contribution in [0.5, 0.6) is 0 Å². The van der Waals surface area contributed by atoms with E-state index < -0.39 is 41.7 Å². The highest BCUT2D eigenvalue weighted by Crippen LogP contribution is 2.44. The maximum absolute atomic E-state index is 13.1. The first-order valence-electron chi connectivity index (χ1n) is 5.60. The van der Waals surface area contributed by atoms with E-state index >= 15 is 0 Å². The average molecular weight is 312 g/mol. The van der Waals surface area contributed by atoms with Crippen LogP contribution in [0.1, 0.15) is 12.5 Å². The fraction of sp³-hybridized carbons (Fsp3) is 0.500. The molecule has 0 spiro atoms. The molecule has 0 aliphatic carbocycles. The highest BCUT2D eigenvalue weighted by Gasteiger charge is 2.50. The Balaban J connectivity index is 3.47. The normalized spacial score (nSPS) is 14.9. The zero-order valence-corrected chi connectivity index (χ0v) is 11.3. The Morgan fingerprint density at radius 2 is 1.80 bits per heavy atom. The van der Waals surface area contributed by atoms with Crippen LogP contribution in [0, 0.1) is 15.5 Å². The molecule has 20 heavy (non-hydrogen) atoms. The van der Waals surface area contributed by atoms with E-state index in [1.54, 1.807) is 0 Å². The summed E-state index contributed by atoms with van der Waals surface area (Å²) in [5.41, 5.74) is -5.41. The van der Waals surface area contributed by atoms with Gasteiger partial charge >= 0.3 is 0 Å². The van der Waals surface area contributed by atoms with Crippen LogP contribution in [-0.2, 0) is 5.60 Å². The van der Waals surface area contributed by atoms with Crippen molar-refractivity contribution in [3.63, 3.8) is 0 Å². The Morgan fingerprint density at radius 3 is 2.20 bits per heavy atom. The minimum absolute atomic E-state index is 0.139. The second kappa shape index (κ2) is 5.97. The van der Waals surface area contributed by atoms with E-state index in [-0.39, 0.29) is 10.6 Å². The summed E-state index contributed by atoms with van der Waals surface area (Å²) in [5, 5.41) is 20.9. The molecule has 112 valence electrons. The van der Waals surface area contributed by atoms with E-state index in [9.17, 15) is 28.4 Å². The molecule has 4 nitrogen and oxygen atoms in total. The van der Waals surface area contributed by atoms with Gasteiger partial charge in [-0.1, -0.05) is 11.6 Å². The molecule has 1 rings (SSSR count). The molecule has 0 heterocycles. The topological polar surface area (TPSA) is 63.4 Å². The number of nitrogens with zero attached hydrogens (tertiary/aromatic N) is 1. The number of non-ortho nitro benzene ring substituents is 1. The lowest BCUT2D eigenvalue weighted by atomic mass is 9.71. The molecule has 0 bridgehead atoms. The van der Waals surface area contributed by atoms with Gasteiger partial charge in [-0.3, -0.25) is 23.3 Å². The van der Waals surface area contributed by atoms with Crippen LogP contribution in [0.15, 0.2) is 18.2 Å². The fourth-order valence-corrected chi connectivity index (χ4v) is 2.08. The van der Waals surface area contributed by atoms with Gasteiger partial charge in [-0.05, 0) is 13.0 Å². The molecular formula is C12H13ClF3NO3. The Hall–Kier alpha value is -1.34. The molecule has 0 saturated heterocycles. The van der Waals surface area contributed by atoms with Gasteiger partial charge in [-0.25, -0.2) is 0 Å².